The average Bonchev–Trinajstić information content (AvgIpc) is 2.82. The molecule has 0 aliphatic carbocycles. The predicted molar refractivity (Wildman–Crippen MR) is 69.6 cm³/mol. The number of ether oxygens (including phenoxy) is 1. The molecule has 1 amide bonds. The average molecular weight is 266 g/mol. The molecule has 0 spiro atoms. The van der Waals surface area contributed by atoms with Gasteiger partial charge in [0.15, 0.2) is 0 Å². The molecule has 6 heteroatoms. The monoisotopic (exact) mass is 266 g/mol. The number of anilines is 2. The molecule has 0 aliphatic heterocycles. The molecule has 0 atom stereocenters. The van der Waals surface area contributed by atoms with E-state index in [9.17, 15) is 9.18 Å². The molecule has 2 rings (SSSR count). The third-order valence-electron chi connectivity index (χ3n) is 2.27. The zero-order valence-corrected chi connectivity index (χ0v) is 10.4. The molecule has 3 N–H and O–H groups in total. The molecule has 0 radical (unpaired) electrons. The molecule has 18 heavy (non-hydrogen) atoms. The fourth-order valence-electron chi connectivity index (χ4n) is 1.37. The molecular formula is C12H11FN2O2S. The first-order valence-corrected chi connectivity index (χ1v) is 5.97. The normalized spacial score (nSPS) is 10.1. The lowest BCUT2D eigenvalue weighted by atomic mass is 10.2. The summed E-state index contributed by atoms with van der Waals surface area (Å²) in [7, 11) is 1.52. The zero-order chi connectivity index (χ0) is 13.1. The van der Waals surface area contributed by atoms with Crippen molar-refractivity contribution in [3.63, 3.8) is 0 Å². The van der Waals surface area contributed by atoms with Crippen LogP contribution >= 0.6 is 11.3 Å². The highest BCUT2D eigenvalue weighted by Gasteiger charge is 2.12. The van der Waals surface area contributed by atoms with Crippen LogP contribution < -0.4 is 15.8 Å². The van der Waals surface area contributed by atoms with E-state index in [1.165, 1.54) is 36.6 Å². The van der Waals surface area contributed by atoms with E-state index in [4.69, 9.17) is 10.5 Å². The number of methoxy groups -OCH3 is 1. The smallest absolute Gasteiger partial charge is 0.265 e. The Labute approximate surface area is 107 Å². The zero-order valence-electron chi connectivity index (χ0n) is 9.57. The molecule has 94 valence electrons. The fraction of sp³-hybridized carbons (Fsp3) is 0.0833. The van der Waals surface area contributed by atoms with Gasteiger partial charge in [-0.2, -0.15) is 0 Å². The lowest BCUT2D eigenvalue weighted by molar-refractivity contribution is 0.103. The van der Waals surface area contributed by atoms with E-state index in [0.29, 0.717) is 16.3 Å². The number of hydrogen-bond donors (Lipinski definition) is 2. The second-order valence-corrected chi connectivity index (χ2v) is 4.46. The Morgan fingerprint density at radius 2 is 2.22 bits per heavy atom. The van der Waals surface area contributed by atoms with Gasteiger partial charge in [0, 0.05) is 17.1 Å². The second kappa shape index (κ2) is 5.05. The Kier molecular flexibility index (Phi) is 3.47. The molecule has 0 aliphatic rings. The first-order chi connectivity index (χ1) is 8.60. The minimum Gasteiger partial charge on any atom is -0.496 e. The highest BCUT2D eigenvalue weighted by molar-refractivity contribution is 7.12. The summed E-state index contributed by atoms with van der Waals surface area (Å²) < 4.78 is 18.4. The van der Waals surface area contributed by atoms with Crippen molar-refractivity contribution in [1.29, 1.82) is 0 Å². The van der Waals surface area contributed by atoms with Crippen molar-refractivity contribution in [1.82, 2.24) is 0 Å². The van der Waals surface area contributed by atoms with Crippen molar-refractivity contribution in [3.8, 4) is 5.75 Å². The van der Waals surface area contributed by atoms with Gasteiger partial charge in [0.05, 0.1) is 17.7 Å². The van der Waals surface area contributed by atoms with E-state index >= 15 is 0 Å². The number of hydrogen-bond acceptors (Lipinski definition) is 4. The first-order valence-electron chi connectivity index (χ1n) is 5.09. The van der Waals surface area contributed by atoms with Crippen LogP contribution in [-0.2, 0) is 0 Å². The van der Waals surface area contributed by atoms with E-state index in [0.717, 1.165) is 0 Å². The van der Waals surface area contributed by atoms with Gasteiger partial charge in [0.25, 0.3) is 5.91 Å². The van der Waals surface area contributed by atoms with Gasteiger partial charge in [-0.1, -0.05) is 0 Å². The van der Waals surface area contributed by atoms with Crippen molar-refractivity contribution in [2.75, 3.05) is 18.2 Å². The summed E-state index contributed by atoms with van der Waals surface area (Å²) in [6.07, 6.45) is 0. The molecule has 0 saturated heterocycles. The van der Waals surface area contributed by atoms with Crippen LogP contribution in [0.5, 0.6) is 5.75 Å². The predicted octanol–water partition coefficient (Wildman–Crippen LogP) is 2.73. The maximum atomic E-state index is 13.4. The molecule has 0 fully saturated rings. The van der Waals surface area contributed by atoms with Crippen LogP contribution in [0, 0.1) is 5.82 Å². The van der Waals surface area contributed by atoms with Crippen LogP contribution in [0.3, 0.4) is 0 Å². The number of carbonyl (C=O) groups is 1. The summed E-state index contributed by atoms with van der Waals surface area (Å²) in [6, 6.07) is 5.60. The molecule has 1 heterocycles. The van der Waals surface area contributed by atoms with Crippen molar-refractivity contribution < 1.29 is 13.9 Å². The largest absolute Gasteiger partial charge is 0.496 e. The van der Waals surface area contributed by atoms with E-state index < -0.39 is 11.7 Å². The van der Waals surface area contributed by atoms with Gasteiger partial charge in [-0.25, -0.2) is 4.39 Å². The Balaban J connectivity index is 2.18. The Bertz CT molecular complexity index is 583. The third kappa shape index (κ3) is 2.60. The number of nitrogen functional groups attached to an aromatic ring is 1. The van der Waals surface area contributed by atoms with E-state index in [1.807, 2.05) is 0 Å². The van der Waals surface area contributed by atoms with Crippen LogP contribution in [0.4, 0.5) is 15.8 Å². The number of halogens is 1. The standard InChI is InChI=1S/C12H11FN2O2S/c1-17-8-5-11(18-6-8)12(16)15-10-4-7(14)2-3-9(10)13/h2-6H,14H2,1H3,(H,15,16). The minimum atomic E-state index is -0.527. The van der Waals surface area contributed by atoms with E-state index in [1.54, 1.807) is 11.4 Å². The van der Waals surface area contributed by atoms with E-state index in [-0.39, 0.29) is 5.69 Å². The lowest BCUT2D eigenvalue weighted by Crippen LogP contribution is -2.11. The number of benzene rings is 1. The van der Waals surface area contributed by atoms with Crippen LogP contribution in [0.25, 0.3) is 0 Å². The number of thiophene rings is 1. The summed E-state index contributed by atoms with van der Waals surface area (Å²) in [4.78, 5) is 12.3. The Morgan fingerprint density at radius 1 is 1.44 bits per heavy atom. The maximum Gasteiger partial charge on any atom is 0.265 e. The van der Waals surface area contributed by atoms with Gasteiger partial charge >= 0.3 is 0 Å². The van der Waals surface area contributed by atoms with Crippen LogP contribution in [-0.4, -0.2) is 13.0 Å². The van der Waals surface area contributed by atoms with Crippen molar-refractivity contribution in [2.45, 2.75) is 0 Å². The quantitative estimate of drug-likeness (QED) is 0.839. The fourth-order valence-corrected chi connectivity index (χ4v) is 2.12. The van der Waals surface area contributed by atoms with Crippen LogP contribution in [0.2, 0.25) is 0 Å². The van der Waals surface area contributed by atoms with Gasteiger partial charge in [-0.3, -0.25) is 4.79 Å². The van der Waals surface area contributed by atoms with Crippen molar-refractivity contribution >= 4 is 28.6 Å². The molecule has 1 aromatic carbocycles. The number of amides is 1. The lowest BCUT2D eigenvalue weighted by Gasteiger charge is -2.05. The minimum absolute atomic E-state index is 0.0624. The molecule has 0 bridgehead atoms. The number of nitrogens with two attached hydrogens (primary N) is 1. The summed E-state index contributed by atoms with van der Waals surface area (Å²) in [5.41, 5.74) is 5.98. The molecule has 0 unspecified atom stereocenters. The van der Waals surface area contributed by atoms with Crippen LogP contribution in [0.1, 0.15) is 9.67 Å². The highest BCUT2D eigenvalue weighted by Crippen LogP contribution is 2.23. The van der Waals surface area contributed by atoms with Gasteiger partial charge < -0.3 is 15.8 Å². The number of carbonyl (C=O) groups excluding carboxylic acids is 1. The molecule has 1 aromatic heterocycles. The van der Waals surface area contributed by atoms with Crippen molar-refractivity contribution in [2.24, 2.45) is 0 Å². The number of nitrogens with one attached hydrogen (secondary N) is 1. The molecule has 0 saturated carbocycles. The molecule has 4 nitrogen and oxygen atoms in total. The van der Waals surface area contributed by atoms with Crippen molar-refractivity contribution in [3.05, 3.63) is 40.3 Å². The number of rotatable bonds is 3. The summed E-state index contributed by atoms with van der Waals surface area (Å²) >= 11 is 1.22. The molecule has 2 aromatic rings. The highest BCUT2D eigenvalue weighted by atomic mass is 32.1. The van der Waals surface area contributed by atoms with Crippen LogP contribution in [0.15, 0.2) is 29.6 Å². The third-order valence-corrected chi connectivity index (χ3v) is 3.18. The van der Waals surface area contributed by atoms with Gasteiger partial charge in [-0.15, -0.1) is 11.3 Å². The maximum absolute atomic E-state index is 13.4. The van der Waals surface area contributed by atoms with Gasteiger partial charge in [0.1, 0.15) is 11.6 Å². The summed E-state index contributed by atoms with van der Waals surface area (Å²) in [5, 5.41) is 4.16. The summed E-state index contributed by atoms with van der Waals surface area (Å²) in [6.45, 7) is 0. The Hall–Kier alpha value is -2.08. The SMILES string of the molecule is COc1csc(C(=O)Nc2cc(N)ccc2F)c1. The second-order valence-electron chi connectivity index (χ2n) is 3.54. The van der Waals surface area contributed by atoms with Gasteiger partial charge in [-0.05, 0) is 18.2 Å². The first kappa shape index (κ1) is 12.4. The topological polar surface area (TPSA) is 64.3 Å². The van der Waals surface area contributed by atoms with Gasteiger partial charge in [0.2, 0.25) is 0 Å². The Morgan fingerprint density at radius 3 is 2.89 bits per heavy atom. The van der Waals surface area contributed by atoms with E-state index in [2.05, 4.69) is 5.32 Å². The summed E-state index contributed by atoms with van der Waals surface area (Å²) in [5.74, 6) is -0.327. The molecular weight excluding hydrogens is 255 g/mol.